The van der Waals surface area contributed by atoms with Gasteiger partial charge in [0.1, 0.15) is 0 Å². The second kappa shape index (κ2) is 2.93. The first-order valence-corrected chi connectivity index (χ1v) is 3.78. The van der Waals surface area contributed by atoms with Gasteiger partial charge in [-0.15, -0.1) is 0 Å². The normalized spacial score (nSPS) is 14.9. The lowest BCUT2D eigenvalue weighted by Crippen LogP contribution is -2.26. The zero-order valence-electron chi connectivity index (χ0n) is 4.96. The van der Waals surface area contributed by atoms with Gasteiger partial charge in [0.05, 0.1) is 0 Å². The summed E-state index contributed by atoms with van der Waals surface area (Å²) in [6.07, 6.45) is 0.714. The molecule has 0 bridgehead atoms. The summed E-state index contributed by atoms with van der Waals surface area (Å²) < 4.78 is 34.7. The lowest BCUT2D eigenvalue weighted by molar-refractivity contribution is 0.469. The molecule has 0 rings (SSSR count). The highest BCUT2D eigenvalue weighted by atomic mass is 32.2. The van der Waals surface area contributed by atoms with Crippen LogP contribution in [0.5, 0.6) is 0 Å². The summed E-state index contributed by atoms with van der Waals surface area (Å²) >= 11 is 0. The van der Waals surface area contributed by atoms with Crippen molar-refractivity contribution in [3.05, 3.63) is 12.7 Å². The molecule has 0 aliphatic carbocycles. The van der Waals surface area contributed by atoms with E-state index in [4.69, 9.17) is 0 Å². The molecule has 0 aromatic carbocycles. The Morgan fingerprint density at radius 3 is 2.33 bits per heavy atom. The van der Waals surface area contributed by atoms with Crippen LogP contribution in [0, 0.1) is 0 Å². The van der Waals surface area contributed by atoms with Crippen molar-refractivity contribution in [3.8, 4) is 0 Å². The van der Waals surface area contributed by atoms with Crippen molar-refractivity contribution in [2.75, 3.05) is 7.05 Å². The van der Waals surface area contributed by atoms with E-state index >= 15 is 0 Å². The van der Waals surface area contributed by atoms with Gasteiger partial charge in [-0.2, -0.15) is 0 Å². The summed E-state index contributed by atoms with van der Waals surface area (Å²) in [5.74, 6) is 0. The van der Waals surface area contributed by atoms with Crippen molar-refractivity contribution in [2.24, 2.45) is 0 Å². The fourth-order valence-electron chi connectivity index (χ4n) is 0.239. The standard InChI is InChI=1S/C4H8FNO2S/c1-3-4(5)9(7,8)6-2/h3-4,6H,1H2,2H3. The third kappa shape index (κ3) is 2.11. The van der Waals surface area contributed by atoms with Crippen LogP contribution >= 0.6 is 0 Å². The molecule has 0 saturated heterocycles. The first-order chi connectivity index (χ1) is 4.04. The largest absolute Gasteiger partial charge is 0.247 e. The zero-order chi connectivity index (χ0) is 7.49. The van der Waals surface area contributed by atoms with Gasteiger partial charge >= 0.3 is 0 Å². The van der Waals surface area contributed by atoms with Crippen LogP contribution in [0.4, 0.5) is 4.39 Å². The predicted octanol–water partition coefficient (Wildman–Crippen LogP) is 0.0172. The Hall–Kier alpha value is -0.420. The molecule has 0 saturated carbocycles. The average molecular weight is 153 g/mol. The molecule has 54 valence electrons. The number of halogens is 1. The molecule has 0 spiro atoms. The van der Waals surface area contributed by atoms with Crippen molar-refractivity contribution >= 4 is 10.0 Å². The summed E-state index contributed by atoms with van der Waals surface area (Å²) in [6.45, 7) is 2.98. The van der Waals surface area contributed by atoms with E-state index in [1.165, 1.54) is 0 Å². The van der Waals surface area contributed by atoms with E-state index < -0.39 is 15.5 Å². The molecular weight excluding hydrogens is 145 g/mol. The minimum Gasteiger partial charge on any atom is -0.224 e. The Kier molecular flexibility index (Phi) is 2.80. The topological polar surface area (TPSA) is 46.2 Å². The van der Waals surface area contributed by atoms with Gasteiger partial charge in [-0.1, -0.05) is 6.58 Å². The quantitative estimate of drug-likeness (QED) is 0.581. The molecule has 0 aromatic rings. The van der Waals surface area contributed by atoms with Gasteiger partial charge in [-0.05, 0) is 13.1 Å². The first-order valence-electron chi connectivity index (χ1n) is 2.23. The van der Waals surface area contributed by atoms with Crippen molar-refractivity contribution in [2.45, 2.75) is 5.50 Å². The summed E-state index contributed by atoms with van der Waals surface area (Å²) in [5.41, 5.74) is -2.01. The van der Waals surface area contributed by atoms with Gasteiger partial charge in [-0.3, -0.25) is 0 Å². The van der Waals surface area contributed by atoms with E-state index in [-0.39, 0.29) is 0 Å². The molecule has 0 aliphatic rings. The molecule has 0 fully saturated rings. The Labute approximate surface area is 53.6 Å². The van der Waals surface area contributed by atoms with E-state index in [1.54, 1.807) is 0 Å². The number of sulfonamides is 1. The highest BCUT2D eigenvalue weighted by molar-refractivity contribution is 7.90. The second-order valence-corrected chi connectivity index (χ2v) is 3.28. The maximum Gasteiger partial charge on any atom is 0.247 e. The van der Waals surface area contributed by atoms with Crippen LogP contribution in [0.2, 0.25) is 0 Å². The number of hydrogen-bond donors (Lipinski definition) is 1. The molecule has 1 unspecified atom stereocenters. The van der Waals surface area contributed by atoms with Gasteiger partial charge in [0.15, 0.2) is 0 Å². The number of rotatable bonds is 3. The van der Waals surface area contributed by atoms with E-state index in [9.17, 15) is 12.8 Å². The third-order valence-electron chi connectivity index (χ3n) is 0.766. The molecule has 1 atom stereocenters. The van der Waals surface area contributed by atoms with E-state index in [1.807, 2.05) is 4.72 Å². The van der Waals surface area contributed by atoms with Crippen LogP contribution in [0.3, 0.4) is 0 Å². The number of alkyl halides is 1. The lowest BCUT2D eigenvalue weighted by atomic mass is 10.7. The molecule has 0 aromatic heterocycles. The molecule has 0 radical (unpaired) electrons. The van der Waals surface area contributed by atoms with Gasteiger partial charge in [0.25, 0.3) is 0 Å². The molecule has 3 nitrogen and oxygen atoms in total. The number of hydrogen-bond acceptors (Lipinski definition) is 2. The SMILES string of the molecule is C=CC(F)S(=O)(=O)NC. The van der Waals surface area contributed by atoms with Crippen LogP contribution in [0.1, 0.15) is 0 Å². The maximum atomic E-state index is 12.1. The summed E-state index contributed by atoms with van der Waals surface area (Å²) in [5, 5.41) is 0. The fourth-order valence-corrected chi connectivity index (χ4v) is 0.718. The van der Waals surface area contributed by atoms with Gasteiger partial charge in [0, 0.05) is 0 Å². The van der Waals surface area contributed by atoms with Crippen LogP contribution in [0.15, 0.2) is 12.7 Å². The lowest BCUT2D eigenvalue weighted by Gasteiger charge is -2.00. The Balaban J connectivity index is 4.34. The van der Waals surface area contributed by atoms with Crippen LogP contribution in [-0.4, -0.2) is 21.0 Å². The van der Waals surface area contributed by atoms with Crippen LogP contribution in [-0.2, 0) is 10.0 Å². The van der Waals surface area contributed by atoms with Crippen LogP contribution in [0.25, 0.3) is 0 Å². The molecule has 0 heterocycles. The third-order valence-corrected chi connectivity index (χ3v) is 2.12. The van der Waals surface area contributed by atoms with E-state index in [0.29, 0.717) is 6.08 Å². The number of nitrogens with one attached hydrogen (secondary N) is 1. The summed E-state index contributed by atoms with van der Waals surface area (Å²) in [6, 6.07) is 0. The van der Waals surface area contributed by atoms with Crippen molar-refractivity contribution < 1.29 is 12.8 Å². The monoisotopic (exact) mass is 153 g/mol. The van der Waals surface area contributed by atoms with Gasteiger partial charge < -0.3 is 0 Å². The average Bonchev–Trinajstić information content (AvgIpc) is 1.86. The Bertz CT molecular complexity index is 187. The molecule has 0 aliphatic heterocycles. The van der Waals surface area contributed by atoms with Crippen molar-refractivity contribution in [1.29, 1.82) is 0 Å². The maximum absolute atomic E-state index is 12.1. The summed E-state index contributed by atoms with van der Waals surface area (Å²) in [4.78, 5) is 0. The smallest absolute Gasteiger partial charge is 0.224 e. The molecule has 5 heteroatoms. The van der Waals surface area contributed by atoms with Crippen molar-refractivity contribution in [1.82, 2.24) is 4.72 Å². The fraction of sp³-hybridized carbons (Fsp3) is 0.500. The minimum absolute atomic E-state index is 0.714. The molecular formula is C4H8FNO2S. The van der Waals surface area contributed by atoms with Gasteiger partial charge in [0.2, 0.25) is 15.5 Å². The van der Waals surface area contributed by atoms with Crippen molar-refractivity contribution in [3.63, 3.8) is 0 Å². The van der Waals surface area contributed by atoms with E-state index in [2.05, 4.69) is 6.58 Å². The Morgan fingerprint density at radius 1 is 1.78 bits per heavy atom. The highest BCUT2D eigenvalue weighted by Gasteiger charge is 2.17. The van der Waals surface area contributed by atoms with Crippen LogP contribution < -0.4 is 4.72 Å². The van der Waals surface area contributed by atoms with Gasteiger partial charge in [-0.25, -0.2) is 17.5 Å². The molecule has 9 heavy (non-hydrogen) atoms. The van der Waals surface area contributed by atoms with E-state index in [0.717, 1.165) is 7.05 Å². The second-order valence-electron chi connectivity index (χ2n) is 1.34. The predicted molar refractivity (Wildman–Crippen MR) is 33.1 cm³/mol. The first kappa shape index (κ1) is 8.58. The minimum atomic E-state index is -3.78. The summed E-state index contributed by atoms with van der Waals surface area (Å²) in [7, 11) is -2.64. The molecule has 1 N–H and O–H groups in total. The molecule has 0 amide bonds. The zero-order valence-corrected chi connectivity index (χ0v) is 5.78. The highest BCUT2D eigenvalue weighted by Crippen LogP contribution is 1.99. The Morgan fingerprint density at radius 2 is 2.22 bits per heavy atom.